The molecule has 1 aliphatic rings. The highest BCUT2D eigenvalue weighted by Gasteiger charge is 2.42. The Morgan fingerprint density at radius 2 is 1.96 bits per heavy atom. The maximum Gasteiger partial charge on any atom is 0.219 e. The summed E-state index contributed by atoms with van der Waals surface area (Å²) in [6.45, 7) is 10.4. The number of hydroxylamine groups is 2. The molecule has 0 radical (unpaired) electrons. The lowest BCUT2D eigenvalue weighted by Gasteiger charge is -2.24. The second kappa shape index (κ2) is 6.73. The summed E-state index contributed by atoms with van der Waals surface area (Å²) in [4.78, 5) is 5.48. The van der Waals surface area contributed by atoms with Crippen molar-refractivity contribution in [2.45, 2.75) is 37.5 Å². The number of hydrogen-bond acceptors (Lipinski definition) is 4. The Morgan fingerprint density at radius 1 is 1.35 bits per heavy atom. The van der Waals surface area contributed by atoms with Crippen LogP contribution in [0.15, 0.2) is 36.9 Å². The molecule has 1 aromatic rings. The average molecular weight is 338 g/mol. The van der Waals surface area contributed by atoms with Crippen molar-refractivity contribution in [2.24, 2.45) is 0 Å². The molecule has 0 spiro atoms. The van der Waals surface area contributed by atoms with E-state index in [-0.39, 0.29) is 24.6 Å². The third-order valence-electron chi connectivity index (χ3n) is 4.13. The molecular weight excluding hydrogens is 312 g/mol. The van der Waals surface area contributed by atoms with E-state index in [0.717, 1.165) is 5.56 Å². The molecular formula is C17H26N2O3S. The number of benzene rings is 1. The zero-order chi connectivity index (χ0) is 17.3. The largest absolute Gasteiger partial charge is 0.297 e. The average Bonchev–Trinajstić information content (AvgIpc) is 2.87. The van der Waals surface area contributed by atoms with Crippen LogP contribution in [0.5, 0.6) is 0 Å². The van der Waals surface area contributed by atoms with E-state index in [4.69, 9.17) is 4.84 Å². The van der Waals surface area contributed by atoms with E-state index in [0.29, 0.717) is 0 Å². The van der Waals surface area contributed by atoms with Gasteiger partial charge in [0.25, 0.3) is 0 Å². The first kappa shape index (κ1) is 18.1. The van der Waals surface area contributed by atoms with Crippen molar-refractivity contribution >= 4 is 10.0 Å². The lowest BCUT2D eigenvalue weighted by molar-refractivity contribution is -0.110. The molecule has 0 bridgehead atoms. The molecule has 1 N–H and O–H groups in total. The van der Waals surface area contributed by atoms with Crippen LogP contribution >= 0.6 is 0 Å². The summed E-state index contributed by atoms with van der Waals surface area (Å²) >= 11 is 0. The monoisotopic (exact) mass is 338 g/mol. The van der Waals surface area contributed by atoms with Crippen molar-refractivity contribution in [3.05, 3.63) is 48.0 Å². The van der Waals surface area contributed by atoms with Crippen LogP contribution in [0, 0.1) is 0 Å². The van der Waals surface area contributed by atoms with Crippen LogP contribution in [-0.4, -0.2) is 38.9 Å². The van der Waals surface area contributed by atoms with E-state index in [2.05, 4.69) is 44.2 Å². The van der Waals surface area contributed by atoms with Gasteiger partial charge in [0, 0.05) is 13.6 Å². The molecule has 1 fully saturated rings. The van der Waals surface area contributed by atoms with Crippen molar-refractivity contribution < 1.29 is 13.3 Å². The van der Waals surface area contributed by atoms with Gasteiger partial charge in [-0.3, -0.25) is 4.84 Å². The highest BCUT2D eigenvalue weighted by Crippen LogP contribution is 2.34. The van der Waals surface area contributed by atoms with Crippen LogP contribution in [0.3, 0.4) is 0 Å². The molecule has 1 aliphatic heterocycles. The Bertz CT molecular complexity index is 647. The number of hydrogen-bond donors (Lipinski definition) is 1. The molecule has 2 atom stereocenters. The van der Waals surface area contributed by atoms with E-state index < -0.39 is 15.3 Å². The van der Waals surface area contributed by atoms with Gasteiger partial charge in [0.05, 0.1) is 12.6 Å². The van der Waals surface area contributed by atoms with Crippen molar-refractivity contribution in [1.82, 2.24) is 9.79 Å². The van der Waals surface area contributed by atoms with Crippen molar-refractivity contribution in [1.29, 1.82) is 0 Å². The molecule has 128 valence electrons. The van der Waals surface area contributed by atoms with Gasteiger partial charge in [-0.2, -0.15) is 5.06 Å². The summed E-state index contributed by atoms with van der Waals surface area (Å²) in [6, 6.07) is 7.77. The minimum atomic E-state index is -3.48. The first-order chi connectivity index (χ1) is 10.7. The summed E-state index contributed by atoms with van der Waals surface area (Å²) in [7, 11) is -1.71. The highest BCUT2D eigenvalue weighted by molar-refractivity contribution is 7.90. The smallest absolute Gasteiger partial charge is 0.219 e. The molecule has 1 heterocycles. The molecule has 1 aromatic carbocycles. The van der Waals surface area contributed by atoms with Gasteiger partial charge < -0.3 is 0 Å². The summed E-state index contributed by atoms with van der Waals surface area (Å²) in [6.07, 6.45) is 1.53. The summed E-state index contributed by atoms with van der Waals surface area (Å²) in [5.74, 6) is 0. The number of rotatable bonds is 5. The fourth-order valence-corrected chi connectivity index (χ4v) is 4.22. The SMILES string of the molecule is C=CCNS(=O)(=O)[C@@H]1CON(C)[C@H]1c1ccc(C(C)(C)C)cc1. The van der Waals surface area contributed by atoms with Gasteiger partial charge in [-0.05, 0) is 16.5 Å². The molecule has 5 nitrogen and oxygen atoms in total. The number of sulfonamides is 1. The van der Waals surface area contributed by atoms with Crippen LogP contribution in [-0.2, 0) is 20.3 Å². The molecule has 6 heteroatoms. The second-order valence-corrected chi connectivity index (χ2v) is 8.86. The zero-order valence-electron chi connectivity index (χ0n) is 14.2. The van der Waals surface area contributed by atoms with Crippen LogP contribution in [0.4, 0.5) is 0 Å². The predicted octanol–water partition coefficient (Wildman–Crippen LogP) is 2.38. The maximum atomic E-state index is 12.5. The molecule has 23 heavy (non-hydrogen) atoms. The van der Waals surface area contributed by atoms with Gasteiger partial charge in [-0.25, -0.2) is 13.1 Å². The predicted molar refractivity (Wildman–Crippen MR) is 92.5 cm³/mol. The zero-order valence-corrected chi connectivity index (χ0v) is 15.1. The summed E-state index contributed by atoms with van der Waals surface area (Å²) in [5, 5.41) is 0.983. The highest BCUT2D eigenvalue weighted by atomic mass is 32.2. The summed E-state index contributed by atoms with van der Waals surface area (Å²) < 4.78 is 27.5. The minimum absolute atomic E-state index is 0.0631. The van der Waals surface area contributed by atoms with Crippen LogP contribution in [0.2, 0.25) is 0 Å². The Morgan fingerprint density at radius 3 is 2.48 bits per heavy atom. The van der Waals surface area contributed by atoms with E-state index in [1.165, 1.54) is 11.6 Å². The Balaban J connectivity index is 2.30. The van der Waals surface area contributed by atoms with Gasteiger partial charge in [0.2, 0.25) is 10.0 Å². The minimum Gasteiger partial charge on any atom is -0.297 e. The van der Waals surface area contributed by atoms with E-state index in [1.54, 1.807) is 12.1 Å². The fourth-order valence-electron chi connectivity index (χ4n) is 2.74. The topological polar surface area (TPSA) is 58.6 Å². The van der Waals surface area contributed by atoms with Gasteiger partial charge in [0.15, 0.2) is 0 Å². The molecule has 0 aromatic heterocycles. The lowest BCUT2D eigenvalue weighted by atomic mass is 9.86. The van der Waals surface area contributed by atoms with E-state index >= 15 is 0 Å². The van der Waals surface area contributed by atoms with E-state index in [1.807, 2.05) is 12.1 Å². The third-order valence-corrected chi connectivity index (χ3v) is 5.89. The van der Waals surface area contributed by atoms with Crippen molar-refractivity contribution in [2.75, 3.05) is 20.2 Å². The number of nitrogens with one attached hydrogen (secondary N) is 1. The first-order valence-corrected chi connectivity index (χ1v) is 9.27. The first-order valence-electron chi connectivity index (χ1n) is 7.72. The van der Waals surface area contributed by atoms with Gasteiger partial charge >= 0.3 is 0 Å². The van der Waals surface area contributed by atoms with Crippen LogP contribution in [0.25, 0.3) is 0 Å². The lowest BCUT2D eigenvalue weighted by Crippen LogP contribution is -2.39. The molecule has 0 amide bonds. The molecule has 0 aliphatic carbocycles. The maximum absolute atomic E-state index is 12.5. The third kappa shape index (κ3) is 4.01. The molecule has 2 rings (SSSR count). The van der Waals surface area contributed by atoms with Crippen molar-refractivity contribution in [3.63, 3.8) is 0 Å². The number of nitrogens with zero attached hydrogens (tertiary/aromatic N) is 1. The summed E-state index contributed by atoms with van der Waals surface area (Å²) in [5.41, 5.74) is 2.21. The van der Waals surface area contributed by atoms with Crippen LogP contribution in [0.1, 0.15) is 37.9 Å². The van der Waals surface area contributed by atoms with E-state index in [9.17, 15) is 8.42 Å². The quantitative estimate of drug-likeness (QED) is 0.838. The van der Waals surface area contributed by atoms with Crippen LogP contribution < -0.4 is 4.72 Å². The molecule has 0 unspecified atom stereocenters. The van der Waals surface area contributed by atoms with Gasteiger partial charge in [-0.1, -0.05) is 51.1 Å². The standard InChI is InChI=1S/C17H26N2O3S/c1-6-11-18-23(20,21)15-12-22-19(5)16(15)13-7-9-14(10-8-13)17(2,3)4/h6-10,15-16,18H,1,11-12H2,2-5H3/t15-,16+/m1/s1. The van der Waals surface area contributed by atoms with Gasteiger partial charge in [0.1, 0.15) is 5.25 Å². The molecule has 1 saturated heterocycles. The van der Waals surface area contributed by atoms with Gasteiger partial charge in [-0.15, -0.1) is 6.58 Å². The Labute approximate surface area is 139 Å². The second-order valence-electron chi connectivity index (χ2n) is 6.88. The normalized spacial score (nSPS) is 23.1. The van der Waals surface area contributed by atoms with Crippen molar-refractivity contribution in [3.8, 4) is 0 Å². The molecule has 0 saturated carbocycles. The fraction of sp³-hybridized carbons (Fsp3) is 0.529. The Kier molecular flexibility index (Phi) is 5.30. The Hall–Kier alpha value is -1.21.